The molecule has 2 aromatic rings. The lowest BCUT2D eigenvalue weighted by Crippen LogP contribution is -2.16. The summed E-state index contributed by atoms with van der Waals surface area (Å²) >= 11 is 0. The zero-order valence-electron chi connectivity index (χ0n) is 12.2. The predicted octanol–water partition coefficient (Wildman–Crippen LogP) is 1.48. The smallest absolute Gasteiger partial charge is 0.170 e. The van der Waals surface area contributed by atoms with Crippen LogP contribution in [0.4, 0.5) is 0 Å². The second-order valence-electron chi connectivity index (χ2n) is 4.83. The topological polar surface area (TPSA) is 96.4 Å². The molecule has 2 rings (SSSR count). The van der Waals surface area contributed by atoms with E-state index in [0.717, 1.165) is 29.2 Å². The van der Waals surface area contributed by atoms with Crippen LogP contribution in [0.2, 0.25) is 0 Å². The van der Waals surface area contributed by atoms with E-state index in [1.807, 2.05) is 38.1 Å². The van der Waals surface area contributed by atoms with E-state index in [1.54, 1.807) is 6.20 Å². The Labute approximate surface area is 123 Å². The van der Waals surface area contributed by atoms with Crippen molar-refractivity contribution >= 4 is 5.84 Å². The van der Waals surface area contributed by atoms with Gasteiger partial charge in [-0.05, 0) is 37.1 Å². The molecule has 0 aliphatic carbocycles. The Bertz CT molecular complexity index is 654. The standard InChI is InChI=1S/C15H19N5O/c1-10-7-12(15(16)20-21)3-4-13(10)8-17-9-14-5-6-18-11(2)19-14/h3-7,17,21H,8-9H2,1-2H3,(H2,16,20). The molecule has 21 heavy (non-hydrogen) atoms. The van der Waals surface area contributed by atoms with Crippen molar-refractivity contribution in [2.45, 2.75) is 26.9 Å². The summed E-state index contributed by atoms with van der Waals surface area (Å²) in [5, 5.41) is 15.0. The predicted molar refractivity (Wildman–Crippen MR) is 81.0 cm³/mol. The zero-order chi connectivity index (χ0) is 15.2. The van der Waals surface area contributed by atoms with Gasteiger partial charge in [-0.1, -0.05) is 17.3 Å². The Kier molecular flexibility index (Phi) is 4.84. The van der Waals surface area contributed by atoms with Crippen LogP contribution in [0, 0.1) is 13.8 Å². The SMILES string of the molecule is Cc1nccc(CNCc2ccc(/C(N)=N/O)cc2C)n1. The first kappa shape index (κ1) is 14.9. The highest BCUT2D eigenvalue weighted by Crippen LogP contribution is 2.11. The molecule has 0 radical (unpaired) electrons. The number of rotatable bonds is 5. The maximum Gasteiger partial charge on any atom is 0.170 e. The van der Waals surface area contributed by atoms with Gasteiger partial charge in [0.05, 0.1) is 5.69 Å². The van der Waals surface area contributed by atoms with E-state index in [-0.39, 0.29) is 5.84 Å². The molecule has 4 N–H and O–H groups in total. The lowest BCUT2D eigenvalue weighted by molar-refractivity contribution is 0.318. The molecule has 1 heterocycles. The highest BCUT2D eigenvalue weighted by Gasteiger charge is 2.04. The summed E-state index contributed by atoms with van der Waals surface area (Å²) in [6, 6.07) is 7.62. The molecule has 6 heteroatoms. The van der Waals surface area contributed by atoms with E-state index in [1.165, 1.54) is 0 Å². The quantitative estimate of drug-likeness (QED) is 0.334. The third kappa shape index (κ3) is 4.00. The van der Waals surface area contributed by atoms with Crippen molar-refractivity contribution in [2.24, 2.45) is 10.9 Å². The Morgan fingerprint density at radius 3 is 2.76 bits per heavy atom. The number of benzene rings is 1. The second-order valence-corrected chi connectivity index (χ2v) is 4.83. The molecule has 1 aromatic heterocycles. The number of amidine groups is 1. The maximum absolute atomic E-state index is 8.68. The minimum atomic E-state index is 0.120. The fourth-order valence-corrected chi connectivity index (χ4v) is 2.04. The fraction of sp³-hybridized carbons (Fsp3) is 0.267. The number of hydrogen-bond donors (Lipinski definition) is 3. The van der Waals surface area contributed by atoms with Crippen molar-refractivity contribution in [1.82, 2.24) is 15.3 Å². The molecular formula is C15H19N5O. The summed E-state index contributed by atoms with van der Waals surface area (Å²) in [5.74, 6) is 0.891. The van der Waals surface area contributed by atoms with Gasteiger partial charge in [-0.2, -0.15) is 0 Å². The normalized spacial score (nSPS) is 11.6. The van der Waals surface area contributed by atoms with Crippen molar-refractivity contribution in [1.29, 1.82) is 0 Å². The summed E-state index contributed by atoms with van der Waals surface area (Å²) < 4.78 is 0. The average molecular weight is 285 g/mol. The van der Waals surface area contributed by atoms with Gasteiger partial charge in [-0.15, -0.1) is 0 Å². The average Bonchev–Trinajstić information content (AvgIpc) is 2.48. The molecule has 0 bridgehead atoms. The molecule has 1 aromatic carbocycles. The highest BCUT2D eigenvalue weighted by molar-refractivity contribution is 5.97. The number of aryl methyl sites for hydroxylation is 2. The van der Waals surface area contributed by atoms with Gasteiger partial charge in [-0.25, -0.2) is 9.97 Å². The van der Waals surface area contributed by atoms with Gasteiger partial charge in [0.2, 0.25) is 0 Å². The summed E-state index contributed by atoms with van der Waals surface area (Å²) in [7, 11) is 0. The Balaban J connectivity index is 1.97. The monoisotopic (exact) mass is 285 g/mol. The van der Waals surface area contributed by atoms with Gasteiger partial charge < -0.3 is 16.3 Å². The lowest BCUT2D eigenvalue weighted by atomic mass is 10.0. The van der Waals surface area contributed by atoms with Crippen molar-refractivity contribution < 1.29 is 5.21 Å². The molecule has 0 unspecified atom stereocenters. The van der Waals surface area contributed by atoms with Crippen molar-refractivity contribution in [2.75, 3.05) is 0 Å². The molecule has 6 nitrogen and oxygen atoms in total. The summed E-state index contributed by atoms with van der Waals surface area (Å²) in [6.07, 6.45) is 1.76. The van der Waals surface area contributed by atoms with E-state index < -0.39 is 0 Å². The van der Waals surface area contributed by atoms with E-state index in [2.05, 4.69) is 20.4 Å². The third-order valence-corrected chi connectivity index (χ3v) is 3.20. The van der Waals surface area contributed by atoms with Gasteiger partial charge in [0, 0.05) is 24.8 Å². The molecule has 0 saturated carbocycles. The number of nitrogens with two attached hydrogens (primary N) is 1. The summed E-state index contributed by atoms with van der Waals surface area (Å²) in [6.45, 7) is 5.29. The number of hydrogen-bond acceptors (Lipinski definition) is 5. The largest absolute Gasteiger partial charge is 0.409 e. The highest BCUT2D eigenvalue weighted by atomic mass is 16.4. The first-order valence-electron chi connectivity index (χ1n) is 6.67. The van der Waals surface area contributed by atoms with Crippen molar-refractivity contribution in [3.63, 3.8) is 0 Å². The van der Waals surface area contributed by atoms with Crippen LogP contribution in [0.15, 0.2) is 35.6 Å². The molecule has 0 aliphatic heterocycles. The Morgan fingerprint density at radius 1 is 1.29 bits per heavy atom. The van der Waals surface area contributed by atoms with E-state index in [9.17, 15) is 0 Å². The summed E-state index contributed by atoms with van der Waals surface area (Å²) in [5.41, 5.74) is 9.50. The number of nitrogens with zero attached hydrogens (tertiary/aromatic N) is 3. The Hall–Kier alpha value is -2.47. The molecule has 0 saturated heterocycles. The fourth-order valence-electron chi connectivity index (χ4n) is 2.04. The summed E-state index contributed by atoms with van der Waals surface area (Å²) in [4.78, 5) is 8.41. The van der Waals surface area contributed by atoms with Crippen LogP contribution in [0.25, 0.3) is 0 Å². The maximum atomic E-state index is 8.68. The third-order valence-electron chi connectivity index (χ3n) is 3.20. The number of aromatic nitrogens is 2. The molecular weight excluding hydrogens is 266 g/mol. The van der Waals surface area contributed by atoms with Gasteiger partial charge in [0.15, 0.2) is 5.84 Å². The van der Waals surface area contributed by atoms with Crippen molar-refractivity contribution in [3.05, 3.63) is 58.7 Å². The van der Waals surface area contributed by atoms with Gasteiger partial charge in [0.1, 0.15) is 5.82 Å². The lowest BCUT2D eigenvalue weighted by Gasteiger charge is -2.09. The van der Waals surface area contributed by atoms with Crippen LogP contribution in [-0.4, -0.2) is 21.0 Å². The van der Waals surface area contributed by atoms with Crippen LogP contribution in [0.3, 0.4) is 0 Å². The van der Waals surface area contributed by atoms with Gasteiger partial charge in [-0.3, -0.25) is 0 Å². The van der Waals surface area contributed by atoms with E-state index >= 15 is 0 Å². The van der Waals surface area contributed by atoms with E-state index in [4.69, 9.17) is 10.9 Å². The molecule has 110 valence electrons. The number of oxime groups is 1. The minimum absolute atomic E-state index is 0.120. The van der Waals surface area contributed by atoms with E-state index in [0.29, 0.717) is 12.1 Å². The first-order chi connectivity index (χ1) is 10.1. The second kappa shape index (κ2) is 6.81. The van der Waals surface area contributed by atoms with Crippen LogP contribution in [0.5, 0.6) is 0 Å². The molecule has 0 fully saturated rings. The molecule has 0 aliphatic rings. The van der Waals surface area contributed by atoms with Crippen LogP contribution in [0.1, 0.15) is 28.2 Å². The number of nitrogens with one attached hydrogen (secondary N) is 1. The van der Waals surface area contributed by atoms with Gasteiger partial charge in [0.25, 0.3) is 0 Å². The van der Waals surface area contributed by atoms with Crippen LogP contribution >= 0.6 is 0 Å². The molecule has 0 spiro atoms. The molecule has 0 atom stereocenters. The Morgan fingerprint density at radius 2 is 2.10 bits per heavy atom. The van der Waals surface area contributed by atoms with Crippen molar-refractivity contribution in [3.8, 4) is 0 Å². The van der Waals surface area contributed by atoms with Crippen LogP contribution in [-0.2, 0) is 13.1 Å². The molecule has 0 amide bonds. The zero-order valence-corrected chi connectivity index (χ0v) is 12.2. The van der Waals surface area contributed by atoms with Crippen LogP contribution < -0.4 is 11.1 Å². The minimum Gasteiger partial charge on any atom is -0.409 e. The van der Waals surface area contributed by atoms with Gasteiger partial charge >= 0.3 is 0 Å². The first-order valence-corrected chi connectivity index (χ1v) is 6.67.